The third kappa shape index (κ3) is 3.01. The Bertz CT molecular complexity index is 386. The number of allylic oxidation sites excluding steroid dienone is 2. The molecule has 17 heavy (non-hydrogen) atoms. The van der Waals surface area contributed by atoms with Crippen LogP contribution in [0.1, 0.15) is 6.42 Å². The van der Waals surface area contributed by atoms with Gasteiger partial charge in [0.05, 0.1) is 13.2 Å². The van der Waals surface area contributed by atoms with Gasteiger partial charge < -0.3 is 9.84 Å². The number of carboxylic acid groups (broad SMARTS) is 1. The fraction of sp³-hybridized carbons (Fsp3) is 0.500. The highest BCUT2D eigenvalue weighted by Gasteiger charge is 2.29. The van der Waals surface area contributed by atoms with Crippen molar-refractivity contribution >= 4 is 11.8 Å². The number of carbonyl (C=O) groups is 2. The normalized spacial score (nSPS) is 25.8. The molecule has 5 heteroatoms. The van der Waals surface area contributed by atoms with Crippen molar-refractivity contribution < 1.29 is 19.4 Å². The molecule has 0 bridgehead atoms. The second-order valence-corrected chi connectivity index (χ2v) is 4.19. The van der Waals surface area contributed by atoms with E-state index < -0.39 is 12.0 Å². The second kappa shape index (κ2) is 5.25. The molecule has 92 valence electrons. The maximum absolute atomic E-state index is 11.2. The maximum Gasteiger partial charge on any atom is 0.323 e. The van der Waals surface area contributed by atoms with Crippen molar-refractivity contribution in [3.8, 4) is 0 Å². The van der Waals surface area contributed by atoms with Crippen molar-refractivity contribution in [1.82, 2.24) is 4.90 Å². The standard InChI is InChI=1S/C12H15NO4/c14-10-3-1-2-9(6-10)7-13-4-5-17-8-11(13)12(15)16/h1-2,6,11H,3-5,7-8H2,(H,15,16). The van der Waals surface area contributed by atoms with Gasteiger partial charge in [-0.2, -0.15) is 0 Å². The average molecular weight is 237 g/mol. The maximum atomic E-state index is 11.2. The van der Waals surface area contributed by atoms with E-state index in [-0.39, 0.29) is 12.4 Å². The predicted octanol–water partition coefficient (Wildman–Crippen LogP) is 0.227. The van der Waals surface area contributed by atoms with Crippen LogP contribution in [0.2, 0.25) is 0 Å². The number of hydrogen-bond acceptors (Lipinski definition) is 4. The largest absolute Gasteiger partial charge is 0.480 e. The monoisotopic (exact) mass is 237 g/mol. The summed E-state index contributed by atoms with van der Waals surface area (Å²) in [6.07, 6.45) is 5.73. The summed E-state index contributed by atoms with van der Waals surface area (Å²) in [5, 5.41) is 9.06. The zero-order valence-electron chi connectivity index (χ0n) is 9.46. The molecule has 0 aromatic carbocycles. The molecule has 0 aromatic heterocycles. The molecule has 1 N–H and O–H groups in total. The lowest BCUT2D eigenvalue weighted by Gasteiger charge is -2.33. The number of ether oxygens (including phenoxy) is 1. The van der Waals surface area contributed by atoms with Gasteiger partial charge in [-0.3, -0.25) is 14.5 Å². The quantitative estimate of drug-likeness (QED) is 0.761. The summed E-state index contributed by atoms with van der Waals surface area (Å²) < 4.78 is 5.16. The van der Waals surface area contributed by atoms with E-state index >= 15 is 0 Å². The number of nitrogens with zero attached hydrogens (tertiary/aromatic N) is 1. The number of morpholine rings is 1. The number of carbonyl (C=O) groups excluding carboxylic acids is 1. The number of carboxylic acids is 1. The molecule has 0 radical (unpaired) electrons. The van der Waals surface area contributed by atoms with E-state index in [1.54, 1.807) is 6.08 Å². The molecular weight excluding hydrogens is 222 g/mol. The molecule has 5 nitrogen and oxygen atoms in total. The van der Waals surface area contributed by atoms with Gasteiger partial charge in [0.25, 0.3) is 0 Å². The van der Waals surface area contributed by atoms with Gasteiger partial charge in [-0.25, -0.2) is 0 Å². The Kier molecular flexibility index (Phi) is 3.71. The first-order valence-electron chi connectivity index (χ1n) is 5.61. The van der Waals surface area contributed by atoms with Gasteiger partial charge in [0.2, 0.25) is 0 Å². The summed E-state index contributed by atoms with van der Waals surface area (Å²) in [6, 6.07) is -0.616. The number of hydrogen-bond donors (Lipinski definition) is 1. The zero-order chi connectivity index (χ0) is 12.3. The molecule has 2 rings (SSSR count). The minimum absolute atomic E-state index is 0.0719. The molecule has 1 aliphatic heterocycles. The lowest BCUT2D eigenvalue weighted by atomic mass is 10.0. The van der Waals surface area contributed by atoms with Crippen LogP contribution in [0.4, 0.5) is 0 Å². The summed E-state index contributed by atoms with van der Waals surface area (Å²) in [6.45, 7) is 1.81. The van der Waals surface area contributed by atoms with E-state index in [2.05, 4.69) is 0 Å². The summed E-state index contributed by atoms with van der Waals surface area (Å²) in [5.74, 6) is -0.806. The van der Waals surface area contributed by atoms with Gasteiger partial charge in [-0.1, -0.05) is 12.2 Å². The molecule has 1 unspecified atom stereocenters. The number of ketones is 1. The van der Waals surface area contributed by atoms with Crippen molar-refractivity contribution in [1.29, 1.82) is 0 Å². The van der Waals surface area contributed by atoms with Crippen molar-refractivity contribution in [3.63, 3.8) is 0 Å². The minimum atomic E-state index is -0.878. The highest BCUT2D eigenvalue weighted by molar-refractivity contribution is 5.93. The second-order valence-electron chi connectivity index (χ2n) is 4.19. The van der Waals surface area contributed by atoms with E-state index in [4.69, 9.17) is 9.84 Å². The first kappa shape index (κ1) is 12.0. The number of aliphatic carboxylic acids is 1. The van der Waals surface area contributed by atoms with Gasteiger partial charge in [-0.15, -0.1) is 0 Å². The fourth-order valence-corrected chi connectivity index (χ4v) is 2.03. The third-order valence-corrected chi connectivity index (χ3v) is 2.91. The molecule has 1 fully saturated rings. The molecule has 1 heterocycles. The van der Waals surface area contributed by atoms with E-state index in [9.17, 15) is 9.59 Å². The Morgan fingerprint density at radius 2 is 2.41 bits per heavy atom. The number of rotatable bonds is 3. The molecule has 0 amide bonds. The van der Waals surface area contributed by atoms with E-state index in [0.29, 0.717) is 26.1 Å². The molecule has 1 aliphatic carbocycles. The van der Waals surface area contributed by atoms with Crippen molar-refractivity contribution in [2.24, 2.45) is 0 Å². The fourth-order valence-electron chi connectivity index (χ4n) is 2.03. The predicted molar refractivity (Wildman–Crippen MR) is 60.7 cm³/mol. The lowest BCUT2D eigenvalue weighted by molar-refractivity contribution is -0.149. The smallest absolute Gasteiger partial charge is 0.323 e. The summed E-state index contributed by atoms with van der Waals surface area (Å²) in [4.78, 5) is 24.1. The van der Waals surface area contributed by atoms with Crippen LogP contribution >= 0.6 is 0 Å². The first-order valence-corrected chi connectivity index (χ1v) is 5.61. The van der Waals surface area contributed by atoms with Crippen LogP contribution in [-0.4, -0.2) is 54.1 Å². The van der Waals surface area contributed by atoms with Crippen molar-refractivity contribution in [2.45, 2.75) is 12.5 Å². The van der Waals surface area contributed by atoms with Gasteiger partial charge in [0, 0.05) is 19.5 Å². The van der Waals surface area contributed by atoms with Gasteiger partial charge >= 0.3 is 5.97 Å². The average Bonchev–Trinajstić information content (AvgIpc) is 2.29. The Hall–Kier alpha value is -1.46. The van der Waals surface area contributed by atoms with E-state index in [1.165, 1.54) is 0 Å². The van der Waals surface area contributed by atoms with Crippen molar-refractivity contribution in [2.75, 3.05) is 26.3 Å². The highest BCUT2D eigenvalue weighted by atomic mass is 16.5. The van der Waals surface area contributed by atoms with Gasteiger partial charge in [0.1, 0.15) is 6.04 Å². The molecule has 0 aromatic rings. The van der Waals surface area contributed by atoms with Crippen molar-refractivity contribution in [3.05, 3.63) is 23.8 Å². The Morgan fingerprint density at radius 1 is 1.59 bits per heavy atom. The molecule has 0 saturated carbocycles. The molecular formula is C12H15NO4. The molecule has 1 atom stereocenters. The Balaban J connectivity index is 2.03. The van der Waals surface area contributed by atoms with Gasteiger partial charge in [-0.05, 0) is 11.6 Å². The molecule has 2 aliphatic rings. The van der Waals surface area contributed by atoms with Crippen LogP contribution in [0.25, 0.3) is 0 Å². The Labute approximate surface area is 99.4 Å². The molecule has 1 saturated heterocycles. The zero-order valence-corrected chi connectivity index (χ0v) is 9.46. The lowest BCUT2D eigenvalue weighted by Crippen LogP contribution is -2.50. The van der Waals surface area contributed by atoms with Crippen LogP contribution < -0.4 is 0 Å². The van der Waals surface area contributed by atoms with E-state index in [0.717, 1.165) is 5.57 Å². The summed E-state index contributed by atoms with van der Waals surface area (Å²) in [7, 11) is 0. The van der Waals surface area contributed by atoms with Crippen LogP contribution in [0.15, 0.2) is 23.8 Å². The Morgan fingerprint density at radius 3 is 3.12 bits per heavy atom. The van der Waals surface area contributed by atoms with Gasteiger partial charge in [0.15, 0.2) is 5.78 Å². The minimum Gasteiger partial charge on any atom is -0.480 e. The van der Waals surface area contributed by atoms with Crippen LogP contribution in [0.5, 0.6) is 0 Å². The van der Waals surface area contributed by atoms with Crippen LogP contribution in [0, 0.1) is 0 Å². The summed E-state index contributed by atoms with van der Waals surface area (Å²) in [5.41, 5.74) is 0.870. The summed E-state index contributed by atoms with van der Waals surface area (Å²) >= 11 is 0. The first-order chi connectivity index (χ1) is 8.16. The van der Waals surface area contributed by atoms with Crippen LogP contribution in [-0.2, 0) is 14.3 Å². The highest BCUT2D eigenvalue weighted by Crippen LogP contribution is 2.13. The van der Waals surface area contributed by atoms with E-state index in [1.807, 2.05) is 17.1 Å². The third-order valence-electron chi connectivity index (χ3n) is 2.91. The molecule has 0 spiro atoms. The SMILES string of the molecule is O=C1C=C(CN2CCOCC2C(=O)O)C=CC1. The van der Waals surface area contributed by atoms with Crippen LogP contribution in [0.3, 0.4) is 0 Å². The topological polar surface area (TPSA) is 66.8 Å².